The molecule has 3 aromatic rings. The number of imidazole rings is 1. The van der Waals surface area contributed by atoms with Crippen molar-refractivity contribution in [2.75, 3.05) is 0 Å². The largest absolute Gasteiger partial charge is 0.481 e. The van der Waals surface area contributed by atoms with Gasteiger partial charge in [0.2, 0.25) is 5.91 Å². The second-order valence-electron chi connectivity index (χ2n) is 4.91. The van der Waals surface area contributed by atoms with Crippen LogP contribution >= 0.6 is 0 Å². The van der Waals surface area contributed by atoms with Crippen molar-refractivity contribution in [3.8, 4) is 11.4 Å². The zero-order chi connectivity index (χ0) is 15.5. The summed E-state index contributed by atoms with van der Waals surface area (Å²) in [6.45, 7) is 0. The molecule has 0 aliphatic rings. The Bertz CT molecular complexity index is 837. The fourth-order valence-electron chi connectivity index (χ4n) is 2.38. The molecule has 3 rings (SSSR count). The number of aromatic nitrogens is 2. The topological polar surface area (TPSA) is 72.2 Å². The van der Waals surface area contributed by atoms with E-state index in [9.17, 15) is 9.59 Å². The Kier molecular flexibility index (Phi) is 3.70. The minimum absolute atomic E-state index is 0.0600. The van der Waals surface area contributed by atoms with Gasteiger partial charge in [0.25, 0.3) is 0 Å². The van der Waals surface area contributed by atoms with E-state index < -0.39 is 5.97 Å². The molecule has 0 aliphatic carbocycles. The van der Waals surface area contributed by atoms with Crippen LogP contribution in [0.2, 0.25) is 0 Å². The van der Waals surface area contributed by atoms with Crippen LogP contribution < -0.4 is 0 Å². The molecule has 0 saturated heterocycles. The SMILES string of the molecule is O=C(O)CCC(=O)n1c(-c2ccccc2)nc2ccccc21. The van der Waals surface area contributed by atoms with Crippen molar-refractivity contribution >= 4 is 22.9 Å². The van der Waals surface area contributed by atoms with E-state index in [1.165, 1.54) is 4.57 Å². The summed E-state index contributed by atoms with van der Waals surface area (Å²) in [6, 6.07) is 16.7. The summed E-state index contributed by atoms with van der Waals surface area (Å²) in [5.74, 6) is -0.717. The van der Waals surface area contributed by atoms with Crippen LogP contribution in [0.5, 0.6) is 0 Å². The van der Waals surface area contributed by atoms with Gasteiger partial charge in [-0.1, -0.05) is 42.5 Å². The van der Waals surface area contributed by atoms with Crippen molar-refractivity contribution in [3.63, 3.8) is 0 Å². The Balaban J connectivity index is 2.13. The fraction of sp³-hybridized carbons (Fsp3) is 0.118. The second-order valence-corrected chi connectivity index (χ2v) is 4.91. The quantitative estimate of drug-likeness (QED) is 0.802. The van der Waals surface area contributed by atoms with Crippen molar-refractivity contribution in [3.05, 3.63) is 54.6 Å². The Morgan fingerprint density at radius 2 is 1.64 bits per heavy atom. The summed E-state index contributed by atoms with van der Waals surface area (Å²) in [7, 11) is 0. The molecule has 0 aliphatic heterocycles. The first-order chi connectivity index (χ1) is 10.7. The molecule has 1 heterocycles. The van der Waals surface area contributed by atoms with Crippen molar-refractivity contribution in [2.45, 2.75) is 12.8 Å². The highest BCUT2D eigenvalue weighted by molar-refractivity contribution is 5.95. The molecule has 0 fully saturated rings. The lowest BCUT2D eigenvalue weighted by Crippen LogP contribution is -2.13. The Hall–Kier alpha value is -2.95. The second kappa shape index (κ2) is 5.81. The van der Waals surface area contributed by atoms with Gasteiger partial charge in [0.1, 0.15) is 5.82 Å². The number of hydrogen-bond acceptors (Lipinski definition) is 3. The summed E-state index contributed by atoms with van der Waals surface area (Å²) in [6.07, 6.45) is -0.255. The number of rotatable bonds is 4. The van der Waals surface area contributed by atoms with E-state index in [1.54, 1.807) is 0 Å². The maximum atomic E-state index is 12.5. The molecule has 0 bridgehead atoms. The molecule has 0 radical (unpaired) electrons. The van der Waals surface area contributed by atoms with Crippen LogP contribution in [0.3, 0.4) is 0 Å². The third-order valence-corrected chi connectivity index (χ3v) is 3.39. The molecule has 0 unspecified atom stereocenters. The first-order valence-corrected chi connectivity index (χ1v) is 6.95. The maximum absolute atomic E-state index is 12.5. The Morgan fingerprint density at radius 1 is 0.955 bits per heavy atom. The smallest absolute Gasteiger partial charge is 0.303 e. The summed E-state index contributed by atoms with van der Waals surface area (Å²) >= 11 is 0. The first-order valence-electron chi connectivity index (χ1n) is 6.95. The van der Waals surface area contributed by atoms with Crippen molar-refractivity contribution in [1.82, 2.24) is 9.55 Å². The molecule has 110 valence electrons. The Morgan fingerprint density at radius 3 is 2.36 bits per heavy atom. The monoisotopic (exact) mass is 294 g/mol. The van der Waals surface area contributed by atoms with Crippen LogP contribution in [-0.4, -0.2) is 26.5 Å². The van der Waals surface area contributed by atoms with Crippen LogP contribution in [0, 0.1) is 0 Å². The van der Waals surface area contributed by atoms with Gasteiger partial charge >= 0.3 is 5.97 Å². The molecule has 22 heavy (non-hydrogen) atoms. The summed E-state index contributed by atoms with van der Waals surface area (Å²) in [4.78, 5) is 27.7. The lowest BCUT2D eigenvalue weighted by Gasteiger charge is -2.07. The standard InChI is InChI=1S/C17H14N2O3/c20-15(10-11-16(21)22)19-14-9-5-4-8-13(14)18-17(19)12-6-2-1-3-7-12/h1-9H,10-11H2,(H,21,22). The lowest BCUT2D eigenvalue weighted by atomic mass is 10.2. The predicted octanol–water partition coefficient (Wildman–Crippen LogP) is 3.21. The van der Waals surface area contributed by atoms with E-state index in [0.717, 1.165) is 5.56 Å². The lowest BCUT2D eigenvalue weighted by molar-refractivity contribution is -0.136. The number of fused-ring (bicyclic) bond motifs is 1. The third-order valence-electron chi connectivity index (χ3n) is 3.39. The van der Waals surface area contributed by atoms with Gasteiger partial charge in [0, 0.05) is 12.0 Å². The molecule has 0 spiro atoms. The summed E-state index contributed by atoms with van der Waals surface area (Å²) in [5, 5.41) is 8.78. The first kappa shape index (κ1) is 14.0. The number of carbonyl (C=O) groups excluding carboxylic acids is 1. The summed E-state index contributed by atoms with van der Waals surface area (Å²) in [5.41, 5.74) is 2.23. The molecule has 5 nitrogen and oxygen atoms in total. The highest BCUT2D eigenvalue weighted by atomic mass is 16.4. The fourth-order valence-corrected chi connectivity index (χ4v) is 2.38. The number of nitrogens with zero attached hydrogens (tertiary/aromatic N) is 2. The van der Waals surface area contributed by atoms with Crippen molar-refractivity contribution in [1.29, 1.82) is 0 Å². The van der Waals surface area contributed by atoms with E-state index in [0.29, 0.717) is 16.9 Å². The number of carboxylic acid groups (broad SMARTS) is 1. The summed E-state index contributed by atoms with van der Waals surface area (Å²) < 4.78 is 1.51. The normalized spacial score (nSPS) is 10.7. The van der Waals surface area contributed by atoms with Crippen LogP contribution in [0.1, 0.15) is 17.6 Å². The van der Waals surface area contributed by atoms with Gasteiger partial charge in [-0.25, -0.2) is 4.98 Å². The van der Waals surface area contributed by atoms with Gasteiger partial charge in [-0.2, -0.15) is 0 Å². The highest BCUT2D eigenvalue weighted by Crippen LogP contribution is 2.25. The zero-order valence-electron chi connectivity index (χ0n) is 11.8. The number of benzene rings is 2. The number of carboxylic acids is 1. The van der Waals surface area contributed by atoms with Gasteiger partial charge in [0.15, 0.2) is 0 Å². The molecule has 0 atom stereocenters. The van der Waals surface area contributed by atoms with E-state index in [2.05, 4.69) is 4.98 Å². The molecular formula is C17H14N2O3. The Labute approximate surface area is 126 Å². The maximum Gasteiger partial charge on any atom is 0.303 e. The average molecular weight is 294 g/mol. The van der Waals surface area contributed by atoms with Crippen LogP contribution in [-0.2, 0) is 4.79 Å². The van der Waals surface area contributed by atoms with E-state index in [1.807, 2.05) is 54.6 Å². The number of aliphatic carboxylic acids is 1. The number of para-hydroxylation sites is 2. The van der Waals surface area contributed by atoms with E-state index in [4.69, 9.17) is 5.11 Å². The van der Waals surface area contributed by atoms with Gasteiger partial charge in [-0.05, 0) is 12.1 Å². The van der Waals surface area contributed by atoms with Crippen LogP contribution in [0.25, 0.3) is 22.4 Å². The van der Waals surface area contributed by atoms with Crippen LogP contribution in [0.4, 0.5) is 0 Å². The van der Waals surface area contributed by atoms with Crippen LogP contribution in [0.15, 0.2) is 54.6 Å². The van der Waals surface area contributed by atoms with E-state index >= 15 is 0 Å². The average Bonchev–Trinajstić information content (AvgIpc) is 2.93. The molecule has 2 aromatic carbocycles. The van der Waals surface area contributed by atoms with Gasteiger partial charge in [-0.3, -0.25) is 14.2 Å². The minimum Gasteiger partial charge on any atom is -0.481 e. The molecule has 1 aromatic heterocycles. The van der Waals surface area contributed by atoms with Gasteiger partial charge < -0.3 is 5.11 Å². The highest BCUT2D eigenvalue weighted by Gasteiger charge is 2.18. The molecular weight excluding hydrogens is 280 g/mol. The van der Waals surface area contributed by atoms with Gasteiger partial charge in [-0.15, -0.1) is 0 Å². The van der Waals surface area contributed by atoms with E-state index in [-0.39, 0.29) is 18.7 Å². The minimum atomic E-state index is -0.987. The molecule has 1 N–H and O–H groups in total. The number of carbonyl (C=O) groups is 2. The third kappa shape index (κ3) is 2.61. The molecule has 0 saturated carbocycles. The molecule has 5 heteroatoms. The van der Waals surface area contributed by atoms with Crippen molar-refractivity contribution < 1.29 is 14.7 Å². The molecule has 0 amide bonds. The zero-order valence-corrected chi connectivity index (χ0v) is 11.8. The van der Waals surface area contributed by atoms with Gasteiger partial charge in [0.05, 0.1) is 17.5 Å². The van der Waals surface area contributed by atoms with Crippen molar-refractivity contribution in [2.24, 2.45) is 0 Å². The predicted molar refractivity (Wildman–Crippen MR) is 82.7 cm³/mol. The number of hydrogen-bond donors (Lipinski definition) is 1.